The minimum absolute atomic E-state index is 0.115. The molecule has 2 nitrogen and oxygen atoms in total. The van der Waals surface area contributed by atoms with Crippen LogP contribution in [0.3, 0.4) is 0 Å². The van der Waals surface area contributed by atoms with Crippen molar-refractivity contribution in [3.05, 3.63) is 29.3 Å². The van der Waals surface area contributed by atoms with E-state index in [1.807, 2.05) is 0 Å². The van der Waals surface area contributed by atoms with Gasteiger partial charge in [-0.1, -0.05) is 53.7 Å². The highest BCUT2D eigenvalue weighted by Gasteiger charge is 2.59. The topological polar surface area (TPSA) is 15.3 Å². The van der Waals surface area contributed by atoms with E-state index in [0.29, 0.717) is 6.04 Å². The second kappa shape index (κ2) is 5.99. The fraction of sp³-hybridized carbons (Fsp3) is 0.750. The van der Waals surface area contributed by atoms with Crippen molar-refractivity contribution in [3.8, 4) is 0 Å². The molecule has 1 aromatic carbocycles. The van der Waals surface area contributed by atoms with Crippen LogP contribution in [-0.2, 0) is 5.41 Å². The summed E-state index contributed by atoms with van der Waals surface area (Å²) in [6.45, 7) is 24.0. The molecule has 0 amide bonds. The predicted molar refractivity (Wildman–Crippen MR) is 114 cm³/mol. The normalized spacial score (nSPS) is 23.4. The highest BCUT2D eigenvalue weighted by molar-refractivity contribution is 5.69. The lowest BCUT2D eigenvalue weighted by molar-refractivity contribution is 0.0624. The molecule has 2 aliphatic heterocycles. The van der Waals surface area contributed by atoms with Crippen LogP contribution in [0.4, 0.5) is 5.69 Å². The number of rotatable bonds is 1. The van der Waals surface area contributed by atoms with Gasteiger partial charge in [-0.2, -0.15) is 0 Å². The van der Waals surface area contributed by atoms with E-state index in [1.165, 1.54) is 18.5 Å². The molecule has 0 radical (unpaired) electrons. The smallest absolute Gasteiger partial charge is 0.0413 e. The number of nitrogens with zero attached hydrogens (tertiary/aromatic N) is 1. The minimum atomic E-state index is 0.115. The van der Waals surface area contributed by atoms with E-state index in [2.05, 4.69) is 90.7 Å². The Bertz CT molecular complexity index is 647. The lowest BCUT2D eigenvalue weighted by atomic mass is 9.51. The zero-order valence-corrected chi connectivity index (χ0v) is 18.6. The fourth-order valence-corrected chi connectivity index (χ4v) is 5.84. The van der Waals surface area contributed by atoms with Crippen LogP contribution in [0.25, 0.3) is 0 Å². The van der Waals surface area contributed by atoms with Gasteiger partial charge in [-0.05, 0) is 68.2 Å². The quantitative estimate of drug-likeness (QED) is 0.658. The van der Waals surface area contributed by atoms with Gasteiger partial charge in [0.1, 0.15) is 0 Å². The first kappa shape index (κ1) is 19.7. The molecule has 1 atom stereocenters. The molecule has 1 aromatic rings. The Morgan fingerprint density at radius 3 is 2.04 bits per heavy atom. The van der Waals surface area contributed by atoms with Crippen LogP contribution in [0.15, 0.2) is 18.2 Å². The van der Waals surface area contributed by atoms with Crippen LogP contribution < -0.4 is 10.2 Å². The zero-order valence-electron chi connectivity index (χ0n) is 18.6. The molecule has 1 unspecified atom stereocenters. The first-order chi connectivity index (χ1) is 11.8. The summed E-state index contributed by atoms with van der Waals surface area (Å²) in [4.78, 5) is 2.68. The van der Waals surface area contributed by atoms with Crippen molar-refractivity contribution in [3.63, 3.8) is 0 Å². The van der Waals surface area contributed by atoms with E-state index >= 15 is 0 Å². The monoisotopic (exact) mass is 356 g/mol. The van der Waals surface area contributed by atoms with Crippen LogP contribution in [0.1, 0.15) is 92.3 Å². The molecule has 26 heavy (non-hydrogen) atoms. The van der Waals surface area contributed by atoms with Crippen molar-refractivity contribution in [2.75, 3.05) is 18.0 Å². The van der Waals surface area contributed by atoms with Crippen LogP contribution >= 0.6 is 0 Å². The summed E-state index contributed by atoms with van der Waals surface area (Å²) in [7, 11) is 0. The molecule has 0 aromatic heterocycles. The largest absolute Gasteiger partial charge is 0.366 e. The maximum atomic E-state index is 3.78. The third-order valence-corrected chi connectivity index (χ3v) is 6.99. The van der Waals surface area contributed by atoms with Gasteiger partial charge < -0.3 is 10.2 Å². The molecule has 1 saturated heterocycles. The van der Waals surface area contributed by atoms with Gasteiger partial charge in [0.2, 0.25) is 0 Å². The summed E-state index contributed by atoms with van der Waals surface area (Å²) in [5.74, 6) is 0. The third kappa shape index (κ3) is 2.80. The highest BCUT2D eigenvalue weighted by atomic mass is 15.2. The number of nitrogens with one attached hydrogen (secondary N) is 1. The molecule has 0 aliphatic carbocycles. The van der Waals surface area contributed by atoms with Crippen molar-refractivity contribution in [2.45, 2.75) is 92.2 Å². The SMILES string of the molecule is CC(C)(C)N1CC(C(C)(C)C)(C(C)(C)C)c2c(C3CCCN3)cccc21. The van der Waals surface area contributed by atoms with Crippen molar-refractivity contribution < 1.29 is 0 Å². The molecule has 2 aliphatic rings. The van der Waals surface area contributed by atoms with Crippen LogP contribution in [0.5, 0.6) is 0 Å². The van der Waals surface area contributed by atoms with Gasteiger partial charge in [-0.25, -0.2) is 0 Å². The van der Waals surface area contributed by atoms with Gasteiger partial charge in [-0.3, -0.25) is 0 Å². The summed E-state index contributed by atoms with van der Waals surface area (Å²) in [5.41, 5.74) is 5.22. The standard InChI is InChI=1S/C24H40N2/c1-21(2,3)24(22(4,5)6)16-26(23(7,8)9)19-14-10-12-17(20(19)24)18-13-11-15-25-18/h10,12,14,18,25H,11,13,15-16H2,1-9H3. The Kier molecular flexibility index (Phi) is 4.55. The number of fused-ring (bicyclic) bond motifs is 1. The van der Waals surface area contributed by atoms with Crippen molar-refractivity contribution in [1.29, 1.82) is 0 Å². The van der Waals surface area contributed by atoms with Crippen molar-refractivity contribution in [1.82, 2.24) is 5.32 Å². The van der Waals surface area contributed by atoms with E-state index in [1.54, 1.807) is 11.1 Å². The van der Waals surface area contributed by atoms with E-state index in [-0.39, 0.29) is 21.8 Å². The van der Waals surface area contributed by atoms with E-state index in [4.69, 9.17) is 0 Å². The highest BCUT2D eigenvalue weighted by Crippen LogP contribution is 2.62. The molecule has 3 rings (SSSR count). The first-order valence-electron chi connectivity index (χ1n) is 10.5. The second-order valence-corrected chi connectivity index (χ2v) is 11.6. The number of hydrogen-bond donors (Lipinski definition) is 1. The minimum Gasteiger partial charge on any atom is -0.366 e. The van der Waals surface area contributed by atoms with Gasteiger partial charge >= 0.3 is 0 Å². The van der Waals surface area contributed by atoms with Crippen LogP contribution in [0.2, 0.25) is 0 Å². The summed E-state index contributed by atoms with van der Waals surface area (Å²) in [6, 6.07) is 7.57. The van der Waals surface area contributed by atoms with Gasteiger partial charge in [-0.15, -0.1) is 0 Å². The first-order valence-corrected chi connectivity index (χ1v) is 10.5. The molecule has 146 valence electrons. The predicted octanol–water partition coefficient (Wildman–Crippen LogP) is 6.06. The van der Waals surface area contributed by atoms with E-state index in [0.717, 1.165) is 13.1 Å². The Balaban J connectivity index is 2.34. The molecule has 2 heteroatoms. The molecule has 0 saturated carbocycles. The molecule has 1 N–H and O–H groups in total. The number of anilines is 1. The molecule has 0 spiro atoms. The lowest BCUT2D eigenvalue weighted by Crippen LogP contribution is -2.55. The summed E-state index contributed by atoms with van der Waals surface area (Å²) >= 11 is 0. The summed E-state index contributed by atoms with van der Waals surface area (Å²) < 4.78 is 0. The van der Waals surface area contributed by atoms with Crippen LogP contribution in [-0.4, -0.2) is 18.6 Å². The van der Waals surface area contributed by atoms with E-state index in [9.17, 15) is 0 Å². The Morgan fingerprint density at radius 1 is 0.962 bits per heavy atom. The van der Waals surface area contributed by atoms with Crippen molar-refractivity contribution in [2.24, 2.45) is 10.8 Å². The Labute approximate surface area is 161 Å². The molecule has 0 bridgehead atoms. The number of hydrogen-bond acceptors (Lipinski definition) is 2. The average Bonchev–Trinajstić information content (AvgIpc) is 3.10. The fourth-order valence-electron chi connectivity index (χ4n) is 5.84. The molecular weight excluding hydrogens is 316 g/mol. The maximum Gasteiger partial charge on any atom is 0.0413 e. The number of benzene rings is 1. The Hall–Kier alpha value is -1.02. The summed E-state index contributed by atoms with van der Waals surface area (Å²) in [6.07, 6.45) is 2.55. The molecular formula is C24H40N2. The zero-order chi connectivity index (χ0) is 19.5. The van der Waals surface area contributed by atoms with Gasteiger partial charge in [0.15, 0.2) is 0 Å². The van der Waals surface area contributed by atoms with Gasteiger partial charge in [0.05, 0.1) is 0 Å². The van der Waals surface area contributed by atoms with E-state index < -0.39 is 0 Å². The van der Waals surface area contributed by atoms with Gasteiger partial charge in [0.25, 0.3) is 0 Å². The molecule has 2 heterocycles. The molecule has 1 fully saturated rings. The average molecular weight is 357 g/mol. The Morgan fingerprint density at radius 2 is 1.58 bits per heavy atom. The maximum absolute atomic E-state index is 3.78. The lowest BCUT2D eigenvalue weighted by Gasteiger charge is -2.53. The van der Waals surface area contributed by atoms with Gasteiger partial charge in [0, 0.05) is 29.2 Å². The van der Waals surface area contributed by atoms with Crippen LogP contribution in [0, 0.1) is 10.8 Å². The second-order valence-electron chi connectivity index (χ2n) is 11.6. The third-order valence-electron chi connectivity index (χ3n) is 6.99. The van der Waals surface area contributed by atoms with Crippen molar-refractivity contribution >= 4 is 5.69 Å². The summed E-state index contributed by atoms with van der Waals surface area (Å²) in [5, 5.41) is 3.78.